The largest absolute Gasteiger partial charge is 0.489 e. The van der Waals surface area contributed by atoms with Gasteiger partial charge in [0, 0.05) is 5.56 Å². The molecule has 0 bridgehead atoms. The molecule has 2 amide bonds. The van der Waals surface area contributed by atoms with Crippen LogP contribution < -0.4 is 15.6 Å². The summed E-state index contributed by atoms with van der Waals surface area (Å²) in [7, 11) is 0. The Hall–Kier alpha value is -3.74. The highest BCUT2D eigenvalue weighted by atomic mass is 19.1. The quantitative estimate of drug-likeness (QED) is 0.627. The van der Waals surface area contributed by atoms with E-state index in [1.165, 1.54) is 42.5 Å². The number of carbonyl (C=O) groups excluding carboxylic acids is 2. The summed E-state index contributed by atoms with van der Waals surface area (Å²) in [4.78, 5) is 24.1. The molecule has 29 heavy (non-hydrogen) atoms. The molecule has 0 aliphatic heterocycles. The molecule has 7 heteroatoms. The number of ether oxygens (including phenoxy) is 1. The monoisotopic (exact) mass is 396 g/mol. The first-order valence-corrected chi connectivity index (χ1v) is 8.80. The fourth-order valence-corrected chi connectivity index (χ4v) is 2.50. The molecule has 0 fully saturated rings. The van der Waals surface area contributed by atoms with Crippen LogP contribution >= 0.6 is 0 Å². The third-order valence-electron chi connectivity index (χ3n) is 4.01. The Labute approximate surface area is 166 Å². The standard InChI is InChI=1S/C22H18F2N2O3/c23-18-8-4-15(5-9-18)12-21(27)25-26-22(28)17-2-1-3-20(13-17)29-14-16-6-10-19(24)11-7-16/h1-11,13H,12,14H2,(H,25,27)(H,26,28). The van der Waals surface area contributed by atoms with Crippen LogP contribution in [0, 0.1) is 11.6 Å². The van der Waals surface area contributed by atoms with Gasteiger partial charge in [0.05, 0.1) is 6.42 Å². The van der Waals surface area contributed by atoms with Crippen LogP contribution in [0.25, 0.3) is 0 Å². The van der Waals surface area contributed by atoms with Gasteiger partial charge in [0.25, 0.3) is 5.91 Å². The molecule has 0 aliphatic rings. The Morgan fingerprint density at radius 2 is 1.41 bits per heavy atom. The number of hydrazine groups is 1. The highest BCUT2D eigenvalue weighted by Crippen LogP contribution is 2.15. The normalized spacial score (nSPS) is 10.3. The van der Waals surface area contributed by atoms with Crippen molar-refractivity contribution in [3.8, 4) is 5.75 Å². The van der Waals surface area contributed by atoms with Gasteiger partial charge in [0.1, 0.15) is 24.0 Å². The molecule has 0 aliphatic carbocycles. The Balaban J connectivity index is 1.51. The third kappa shape index (κ3) is 6.14. The number of amides is 2. The lowest BCUT2D eigenvalue weighted by molar-refractivity contribution is -0.121. The highest BCUT2D eigenvalue weighted by Gasteiger charge is 2.09. The Morgan fingerprint density at radius 1 is 0.793 bits per heavy atom. The maximum atomic E-state index is 12.9. The van der Waals surface area contributed by atoms with E-state index in [-0.39, 0.29) is 24.7 Å². The average molecular weight is 396 g/mol. The van der Waals surface area contributed by atoms with Crippen molar-refractivity contribution in [2.75, 3.05) is 0 Å². The van der Waals surface area contributed by atoms with E-state index in [1.807, 2.05) is 0 Å². The molecule has 0 saturated carbocycles. The second-order valence-electron chi connectivity index (χ2n) is 6.25. The van der Waals surface area contributed by atoms with Gasteiger partial charge in [0.15, 0.2) is 0 Å². The number of benzene rings is 3. The van der Waals surface area contributed by atoms with E-state index in [2.05, 4.69) is 10.9 Å². The number of halogens is 2. The van der Waals surface area contributed by atoms with E-state index >= 15 is 0 Å². The molecule has 0 spiro atoms. The van der Waals surface area contributed by atoms with Crippen LogP contribution in [0.15, 0.2) is 72.8 Å². The van der Waals surface area contributed by atoms with Gasteiger partial charge in [-0.2, -0.15) is 0 Å². The van der Waals surface area contributed by atoms with Gasteiger partial charge in [-0.1, -0.05) is 30.3 Å². The molecule has 0 radical (unpaired) electrons. The van der Waals surface area contributed by atoms with E-state index in [1.54, 1.807) is 30.3 Å². The van der Waals surface area contributed by atoms with Gasteiger partial charge in [-0.05, 0) is 53.6 Å². The minimum Gasteiger partial charge on any atom is -0.489 e. The molecule has 148 valence electrons. The van der Waals surface area contributed by atoms with E-state index in [0.717, 1.165) is 5.56 Å². The van der Waals surface area contributed by atoms with Gasteiger partial charge in [-0.25, -0.2) is 8.78 Å². The fourth-order valence-electron chi connectivity index (χ4n) is 2.50. The van der Waals surface area contributed by atoms with Crippen molar-refractivity contribution in [1.82, 2.24) is 10.9 Å². The molecule has 3 aromatic rings. The molecular formula is C22H18F2N2O3. The molecule has 0 unspecified atom stereocenters. The van der Waals surface area contributed by atoms with E-state index in [9.17, 15) is 18.4 Å². The van der Waals surface area contributed by atoms with Gasteiger partial charge >= 0.3 is 0 Å². The summed E-state index contributed by atoms with van der Waals surface area (Å²) in [5.74, 6) is -1.20. The van der Waals surface area contributed by atoms with Crippen LogP contribution in [0.3, 0.4) is 0 Å². The third-order valence-corrected chi connectivity index (χ3v) is 4.01. The fraction of sp³-hybridized carbons (Fsp3) is 0.0909. The lowest BCUT2D eigenvalue weighted by atomic mass is 10.1. The number of rotatable bonds is 6. The zero-order valence-electron chi connectivity index (χ0n) is 15.3. The summed E-state index contributed by atoms with van der Waals surface area (Å²) in [6.07, 6.45) is 0.00137. The van der Waals surface area contributed by atoms with Crippen LogP contribution in [0.1, 0.15) is 21.5 Å². The second kappa shape index (κ2) is 9.45. The molecule has 3 aromatic carbocycles. The predicted octanol–water partition coefficient (Wildman–Crippen LogP) is 3.55. The first kappa shape index (κ1) is 20.0. The summed E-state index contributed by atoms with van der Waals surface area (Å²) in [6, 6.07) is 17.9. The molecule has 5 nitrogen and oxygen atoms in total. The average Bonchev–Trinajstić information content (AvgIpc) is 2.73. The minimum absolute atomic E-state index is 0.00137. The number of nitrogens with one attached hydrogen (secondary N) is 2. The van der Waals surface area contributed by atoms with Crippen LogP contribution in [-0.4, -0.2) is 11.8 Å². The maximum Gasteiger partial charge on any atom is 0.269 e. The number of hydrogen-bond donors (Lipinski definition) is 2. The summed E-state index contributed by atoms with van der Waals surface area (Å²) in [5.41, 5.74) is 6.35. The zero-order chi connectivity index (χ0) is 20.6. The molecule has 0 saturated heterocycles. The summed E-state index contributed by atoms with van der Waals surface area (Å²) < 4.78 is 31.4. The van der Waals surface area contributed by atoms with Gasteiger partial charge in [-0.3, -0.25) is 20.4 Å². The van der Waals surface area contributed by atoms with Crippen molar-refractivity contribution in [2.45, 2.75) is 13.0 Å². The molecule has 0 aromatic heterocycles. The first-order chi connectivity index (χ1) is 14.0. The highest BCUT2D eigenvalue weighted by molar-refractivity contribution is 5.95. The van der Waals surface area contributed by atoms with Crippen molar-refractivity contribution in [2.24, 2.45) is 0 Å². The molecule has 3 rings (SSSR count). The van der Waals surface area contributed by atoms with E-state index in [0.29, 0.717) is 16.9 Å². The molecular weight excluding hydrogens is 378 g/mol. The van der Waals surface area contributed by atoms with Crippen LogP contribution in [0.5, 0.6) is 5.75 Å². The van der Waals surface area contributed by atoms with Crippen molar-refractivity contribution in [3.05, 3.63) is 101 Å². The van der Waals surface area contributed by atoms with Crippen molar-refractivity contribution in [3.63, 3.8) is 0 Å². The van der Waals surface area contributed by atoms with Crippen molar-refractivity contribution >= 4 is 11.8 Å². The summed E-state index contributed by atoms with van der Waals surface area (Å²) in [5, 5.41) is 0. The predicted molar refractivity (Wildman–Crippen MR) is 103 cm³/mol. The summed E-state index contributed by atoms with van der Waals surface area (Å²) in [6.45, 7) is 0.222. The van der Waals surface area contributed by atoms with Gasteiger partial charge in [-0.15, -0.1) is 0 Å². The van der Waals surface area contributed by atoms with Crippen molar-refractivity contribution < 1.29 is 23.1 Å². The molecule has 2 N–H and O–H groups in total. The number of hydrogen-bond acceptors (Lipinski definition) is 3. The van der Waals surface area contributed by atoms with Crippen LogP contribution in [0.4, 0.5) is 8.78 Å². The Kier molecular flexibility index (Phi) is 6.52. The molecule has 0 atom stereocenters. The van der Waals surface area contributed by atoms with Crippen molar-refractivity contribution in [1.29, 1.82) is 0 Å². The summed E-state index contributed by atoms with van der Waals surface area (Å²) >= 11 is 0. The lowest BCUT2D eigenvalue weighted by Gasteiger charge is -2.10. The zero-order valence-corrected chi connectivity index (χ0v) is 15.3. The number of carbonyl (C=O) groups is 2. The molecule has 0 heterocycles. The topological polar surface area (TPSA) is 67.4 Å². The maximum absolute atomic E-state index is 12.9. The SMILES string of the molecule is O=C(Cc1ccc(F)cc1)NNC(=O)c1cccc(OCc2ccc(F)cc2)c1. The Bertz CT molecular complexity index is 990. The van der Waals surface area contributed by atoms with E-state index in [4.69, 9.17) is 4.74 Å². The smallest absolute Gasteiger partial charge is 0.269 e. The van der Waals surface area contributed by atoms with Gasteiger partial charge in [0.2, 0.25) is 5.91 Å². The first-order valence-electron chi connectivity index (χ1n) is 8.80. The lowest BCUT2D eigenvalue weighted by Crippen LogP contribution is -2.42. The second-order valence-corrected chi connectivity index (χ2v) is 6.25. The Morgan fingerprint density at radius 3 is 2.07 bits per heavy atom. The van der Waals surface area contributed by atoms with Crippen LogP contribution in [-0.2, 0) is 17.8 Å². The van der Waals surface area contributed by atoms with E-state index < -0.39 is 11.8 Å². The van der Waals surface area contributed by atoms with Gasteiger partial charge < -0.3 is 4.74 Å². The minimum atomic E-state index is -0.510. The van der Waals surface area contributed by atoms with Crippen LogP contribution in [0.2, 0.25) is 0 Å².